The maximum Gasteiger partial charge on any atom is 0.135 e. The number of benzene rings is 6. The minimum atomic E-state index is 0.935. The molecule has 0 atom stereocenters. The van der Waals surface area contributed by atoms with Crippen molar-refractivity contribution < 1.29 is 4.42 Å². The fraction of sp³-hybridized carbons (Fsp3) is 0. The van der Waals surface area contributed by atoms with Gasteiger partial charge in [0.2, 0.25) is 0 Å². The van der Waals surface area contributed by atoms with Gasteiger partial charge >= 0.3 is 0 Å². The predicted octanol–water partition coefficient (Wildman–Crippen LogP) is 10.4. The standard InChI is InChI=1S/C34H20OS/c1-2-10-21(11-3-1)31-22-12-4-6-14-24(22)32(25-15-7-5-13-23(25)31)34-26-18-19-35-28(26)20-30-33(34)27-16-8-9-17-29(27)36-30/h1-20H. The molecule has 0 saturated heterocycles. The molecule has 2 aromatic heterocycles. The fourth-order valence-electron chi connectivity index (χ4n) is 5.89. The Labute approximate surface area is 211 Å². The van der Waals surface area contributed by atoms with Crippen LogP contribution in [0.25, 0.3) is 74.9 Å². The molecular formula is C34H20OS. The van der Waals surface area contributed by atoms with Gasteiger partial charge in [0.05, 0.1) is 6.26 Å². The quantitative estimate of drug-likeness (QED) is 0.226. The van der Waals surface area contributed by atoms with E-state index in [9.17, 15) is 0 Å². The van der Waals surface area contributed by atoms with Crippen LogP contribution in [0, 0.1) is 0 Å². The highest BCUT2D eigenvalue weighted by Crippen LogP contribution is 2.50. The summed E-state index contributed by atoms with van der Waals surface area (Å²) >= 11 is 1.84. The third-order valence-corrected chi connectivity index (χ3v) is 8.46. The van der Waals surface area contributed by atoms with Gasteiger partial charge < -0.3 is 4.42 Å². The number of hydrogen-bond acceptors (Lipinski definition) is 2. The summed E-state index contributed by atoms with van der Waals surface area (Å²) in [5.41, 5.74) is 6.01. The zero-order valence-electron chi connectivity index (χ0n) is 19.4. The summed E-state index contributed by atoms with van der Waals surface area (Å²) in [7, 11) is 0. The lowest BCUT2D eigenvalue weighted by molar-refractivity contribution is 0.616. The first-order valence-corrected chi connectivity index (χ1v) is 13.0. The topological polar surface area (TPSA) is 13.1 Å². The fourth-order valence-corrected chi connectivity index (χ4v) is 7.03. The van der Waals surface area contributed by atoms with Crippen molar-refractivity contribution in [2.45, 2.75) is 0 Å². The van der Waals surface area contributed by atoms with Crippen LogP contribution in [-0.4, -0.2) is 0 Å². The van der Waals surface area contributed by atoms with E-state index in [-0.39, 0.29) is 0 Å². The van der Waals surface area contributed by atoms with Crippen LogP contribution in [0.1, 0.15) is 0 Å². The van der Waals surface area contributed by atoms with E-state index in [0.717, 1.165) is 11.0 Å². The van der Waals surface area contributed by atoms with E-state index in [0.29, 0.717) is 0 Å². The smallest absolute Gasteiger partial charge is 0.135 e. The van der Waals surface area contributed by atoms with Crippen LogP contribution in [0.4, 0.5) is 0 Å². The van der Waals surface area contributed by atoms with E-state index in [1.54, 1.807) is 0 Å². The first-order valence-electron chi connectivity index (χ1n) is 12.2. The summed E-state index contributed by atoms with van der Waals surface area (Å²) in [6.45, 7) is 0. The van der Waals surface area contributed by atoms with Gasteiger partial charge in [-0.2, -0.15) is 0 Å². The van der Waals surface area contributed by atoms with Gasteiger partial charge in [0.15, 0.2) is 0 Å². The maximum atomic E-state index is 6.01. The van der Waals surface area contributed by atoms with Gasteiger partial charge in [-0.25, -0.2) is 0 Å². The van der Waals surface area contributed by atoms with Crippen LogP contribution in [0.15, 0.2) is 126 Å². The lowest BCUT2D eigenvalue weighted by Gasteiger charge is -2.19. The number of rotatable bonds is 2. The van der Waals surface area contributed by atoms with Gasteiger partial charge in [-0.3, -0.25) is 0 Å². The molecule has 0 bridgehead atoms. The summed E-state index contributed by atoms with van der Waals surface area (Å²) in [6, 6.07) is 41.6. The van der Waals surface area contributed by atoms with Crippen molar-refractivity contribution >= 4 is 64.0 Å². The molecule has 0 N–H and O–H groups in total. The van der Waals surface area contributed by atoms with Gasteiger partial charge in [0, 0.05) is 31.1 Å². The van der Waals surface area contributed by atoms with Crippen LogP contribution in [0.2, 0.25) is 0 Å². The van der Waals surface area contributed by atoms with E-state index in [2.05, 4.69) is 115 Å². The minimum absolute atomic E-state index is 0.935. The Balaban J connectivity index is 1.66. The second-order valence-electron chi connectivity index (χ2n) is 9.26. The second kappa shape index (κ2) is 7.55. The molecule has 0 spiro atoms. The van der Waals surface area contributed by atoms with Gasteiger partial charge in [0.1, 0.15) is 5.58 Å². The molecule has 0 saturated carbocycles. The monoisotopic (exact) mass is 476 g/mol. The Morgan fingerprint density at radius 1 is 0.444 bits per heavy atom. The van der Waals surface area contributed by atoms with Crippen LogP contribution in [0.3, 0.4) is 0 Å². The normalized spacial score (nSPS) is 11.9. The zero-order valence-corrected chi connectivity index (χ0v) is 20.2. The molecule has 36 heavy (non-hydrogen) atoms. The van der Waals surface area contributed by atoms with Gasteiger partial charge in [0.25, 0.3) is 0 Å². The molecule has 6 aromatic carbocycles. The first-order chi connectivity index (χ1) is 17.9. The average Bonchev–Trinajstić information content (AvgIpc) is 3.55. The summed E-state index contributed by atoms with van der Waals surface area (Å²) in [4.78, 5) is 0. The third kappa shape index (κ3) is 2.71. The molecule has 2 heteroatoms. The van der Waals surface area contributed by atoms with Crippen molar-refractivity contribution in [3.05, 3.63) is 122 Å². The number of hydrogen-bond donors (Lipinski definition) is 0. The number of thiophene rings is 1. The highest BCUT2D eigenvalue weighted by molar-refractivity contribution is 7.26. The van der Waals surface area contributed by atoms with Crippen molar-refractivity contribution in [1.29, 1.82) is 0 Å². The van der Waals surface area contributed by atoms with Crippen molar-refractivity contribution in [1.82, 2.24) is 0 Å². The van der Waals surface area contributed by atoms with Crippen molar-refractivity contribution in [2.75, 3.05) is 0 Å². The lowest BCUT2D eigenvalue weighted by atomic mass is 9.84. The lowest BCUT2D eigenvalue weighted by Crippen LogP contribution is -1.91. The molecule has 8 rings (SSSR count). The third-order valence-electron chi connectivity index (χ3n) is 7.34. The SMILES string of the molecule is c1ccc(-c2c3ccccc3c(-c3c4ccoc4cc4sc5ccccc5c34)c3ccccc23)cc1. The number of furan rings is 1. The van der Waals surface area contributed by atoms with E-state index < -0.39 is 0 Å². The highest BCUT2D eigenvalue weighted by Gasteiger charge is 2.22. The first kappa shape index (κ1) is 19.9. The molecule has 0 unspecified atom stereocenters. The molecule has 0 aliphatic heterocycles. The Hall–Kier alpha value is -4.40. The zero-order chi connectivity index (χ0) is 23.6. The molecule has 1 nitrogen and oxygen atoms in total. The van der Waals surface area contributed by atoms with Crippen LogP contribution in [0.5, 0.6) is 0 Å². The molecule has 2 heterocycles. The van der Waals surface area contributed by atoms with Crippen molar-refractivity contribution in [3.63, 3.8) is 0 Å². The molecular weight excluding hydrogens is 456 g/mol. The largest absolute Gasteiger partial charge is 0.464 e. The summed E-state index contributed by atoms with van der Waals surface area (Å²) in [5, 5.41) is 8.84. The van der Waals surface area contributed by atoms with E-state index in [1.165, 1.54) is 64.0 Å². The van der Waals surface area contributed by atoms with Crippen molar-refractivity contribution in [3.8, 4) is 22.3 Å². The maximum absolute atomic E-state index is 6.01. The van der Waals surface area contributed by atoms with Crippen LogP contribution >= 0.6 is 11.3 Å². The van der Waals surface area contributed by atoms with Gasteiger partial charge in [-0.1, -0.05) is 97.1 Å². The molecule has 0 aliphatic carbocycles. The van der Waals surface area contributed by atoms with Gasteiger partial charge in [-0.05, 0) is 56.4 Å². The Morgan fingerprint density at radius 3 is 1.72 bits per heavy atom. The van der Waals surface area contributed by atoms with Crippen LogP contribution < -0.4 is 0 Å². The molecule has 0 amide bonds. The minimum Gasteiger partial charge on any atom is -0.464 e. The molecule has 0 fully saturated rings. The summed E-state index contributed by atoms with van der Waals surface area (Å²) < 4.78 is 8.57. The summed E-state index contributed by atoms with van der Waals surface area (Å²) in [5.74, 6) is 0. The Kier molecular flexibility index (Phi) is 4.16. The predicted molar refractivity (Wildman–Crippen MR) is 155 cm³/mol. The van der Waals surface area contributed by atoms with Crippen LogP contribution in [-0.2, 0) is 0 Å². The highest BCUT2D eigenvalue weighted by atomic mass is 32.1. The average molecular weight is 477 g/mol. The van der Waals surface area contributed by atoms with E-state index in [1.807, 2.05) is 17.6 Å². The second-order valence-corrected chi connectivity index (χ2v) is 10.3. The molecule has 8 aromatic rings. The number of fused-ring (bicyclic) bond motifs is 6. The Bertz CT molecular complexity index is 2040. The van der Waals surface area contributed by atoms with E-state index in [4.69, 9.17) is 4.42 Å². The van der Waals surface area contributed by atoms with E-state index >= 15 is 0 Å². The molecule has 0 aliphatic rings. The Morgan fingerprint density at radius 2 is 1.03 bits per heavy atom. The van der Waals surface area contributed by atoms with Crippen molar-refractivity contribution in [2.24, 2.45) is 0 Å². The van der Waals surface area contributed by atoms with Gasteiger partial charge in [-0.15, -0.1) is 11.3 Å². The summed E-state index contributed by atoms with van der Waals surface area (Å²) in [6.07, 6.45) is 1.82. The molecule has 0 radical (unpaired) electrons. The molecule has 168 valence electrons.